The number of halogens is 1. The third kappa shape index (κ3) is 7.28. The Morgan fingerprint density at radius 1 is 1.17 bits per heavy atom. The van der Waals surface area contributed by atoms with Crippen molar-refractivity contribution in [2.24, 2.45) is 5.92 Å². The number of nitrogens with zero attached hydrogens (tertiary/aromatic N) is 1. The molecule has 4 N–H and O–H groups in total. The number of amides is 2. The summed E-state index contributed by atoms with van der Waals surface area (Å²) in [6, 6.07) is 7.98. The highest BCUT2D eigenvalue weighted by molar-refractivity contribution is 6.43. The summed E-state index contributed by atoms with van der Waals surface area (Å²) in [5.41, 5.74) is 0.722. The number of nitrogens with one attached hydrogen (secondary N) is 2. The average molecular weight is 401 g/mol. The SMILES string of the molecule is CC(C)CC(NC(=O)CC(NC(=O)c1cccnc1)c1cccc(F)c1)B(O)O. The van der Waals surface area contributed by atoms with Crippen LogP contribution in [0.5, 0.6) is 0 Å². The molecule has 0 aliphatic heterocycles. The van der Waals surface area contributed by atoms with Gasteiger partial charge in [0.2, 0.25) is 5.91 Å². The number of hydrogen-bond donors (Lipinski definition) is 4. The van der Waals surface area contributed by atoms with Gasteiger partial charge in [0.25, 0.3) is 5.91 Å². The summed E-state index contributed by atoms with van der Waals surface area (Å²) in [4.78, 5) is 28.9. The van der Waals surface area contributed by atoms with Crippen molar-refractivity contribution in [2.75, 3.05) is 0 Å². The second kappa shape index (κ2) is 10.7. The first-order chi connectivity index (χ1) is 13.8. The molecule has 2 amide bonds. The summed E-state index contributed by atoms with van der Waals surface area (Å²) in [6.45, 7) is 3.79. The fourth-order valence-electron chi connectivity index (χ4n) is 2.93. The van der Waals surface area contributed by atoms with Crippen LogP contribution >= 0.6 is 0 Å². The maximum atomic E-state index is 13.7. The van der Waals surface area contributed by atoms with Gasteiger partial charge >= 0.3 is 7.12 Å². The maximum absolute atomic E-state index is 13.7. The minimum absolute atomic E-state index is 0.131. The molecule has 1 aromatic heterocycles. The molecular weight excluding hydrogens is 376 g/mol. The van der Waals surface area contributed by atoms with Crippen LogP contribution in [0.25, 0.3) is 0 Å². The molecule has 0 bridgehead atoms. The monoisotopic (exact) mass is 401 g/mol. The lowest BCUT2D eigenvalue weighted by Crippen LogP contribution is -2.48. The second-order valence-electron chi connectivity index (χ2n) is 7.24. The van der Waals surface area contributed by atoms with E-state index in [-0.39, 0.29) is 12.3 Å². The number of rotatable bonds is 9. The minimum Gasteiger partial charge on any atom is -0.426 e. The first-order valence-corrected chi connectivity index (χ1v) is 9.38. The highest BCUT2D eigenvalue weighted by Crippen LogP contribution is 2.19. The van der Waals surface area contributed by atoms with Crippen LogP contribution < -0.4 is 10.6 Å². The van der Waals surface area contributed by atoms with Gasteiger partial charge in [-0.25, -0.2) is 4.39 Å². The van der Waals surface area contributed by atoms with Crippen LogP contribution in [0.15, 0.2) is 48.8 Å². The summed E-state index contributed by atoms with van der Waals surface area (Å²) >= 11 is 0. The van der Waals surface area contributed by atoms with E-state index in [0.29, 0.717) is 17.5 Å². The van der Waals surface area contributed by atoms with Gasteiger partial charge in [0.1, 0.15) is 5.82 Å². The van der Waals surface area contributed by atoms with Gasteiger partial charge < -0.3 is 20.7 Å². The average Bonchev–Trinajstić information content (AvgIpc) is 2.67. The Morgan fingerprint density at radius 3 is 2.52 bits per heavy atom. The third-order valence-corrected chi connectivity index (χ3v) is 4.30. The zero-order chi connectivity index (χ0) is 21.4. The van der Waals surface area contributed by atoms with E-state index in [4.69, 9.17) is 0 Å². The van der Waals surface area contributed by atoms with Crippen LogP contribution in [-0.2, 0) is 4.79 Å². The first-order valence-electron chi connectivity index (χ1n) is 9.38. The van der Waals surface area contributed by atoms with Crippen molar-refractivity contribution in [3.05, 3.63) is 65.7 Å². The molecule has 2 unspecified atom stereocenters. The second-order valence-corrected chi connectivity index (χ2v) is 7.24. The standard InChI is InChI=1S/C20H25BFN3O4/c1-13(2)9-18(21(28)29)25-19(26)11-17(14-5-3-7-16(22)10-14)24-20(27)15-6-4-8-23-12-15/h3-8,10,12-13,17-18,28-29H,9,11H2,1-2H3,(H,24,27)(H,25,26). The molecule has 0 aliphatic carbocycles. The highest BCUT2D eigenvalue weighted by atomic mass is 19.1. The molecule has 2 atom stereocenters. The molecule has 1 aromatic carbocycles. The van der Waals surface area contributed by atoms with Gasteiger partial charge in [0, 0.05) is 12.4 Å². The zero-order valence-electron chi connectivity index (χ0n) is 16.4. The lowest BCUT2D eigenvalue weighted by molar-refractivity contribution is -0.122. The van der Waals surface area contributed by atoms with Gasteiger partial charge in [-0.3, -0.25) is 14.6 Å². The Hall–Kier alpha value is -2.78. The predicted octanol–water partition coefficient (Wildman–Crippen LogP) is 1.62. The summed E-state index contributed by atoms with van der Waals surface area (Å²) in [6.07, 6.45) is 3.09. The molecule has 0 aliphatic rings. The van der Waals surface area contributed by atoms with E-state index in [1.54, 1.807) is 18.2 Å². The highest BCUT2D eigenvalue weighted by Gasteiger charge is 2.28. The van der Waals surface area contributed by atoms with Crippen LogP contribution in [0.3, 0.4) is 0 Å². The number of aromatic nitrogens is 1. The summed E-state index contributed by atoms with van der Waals surface area (Å²) < 4.78 is 13.7. The smallest absolute Gasteiger partial charge is 0.426 e. The normalized spacial score (nSPS) is 12.9. The topological polar surface area (TPSA) is 112 Å². The molecule has 0 saturated heterocycles. The van der Waals surface area contributed by atoms with E-state index in [9.17, 15) is 24.0 Å². The Bertz CT molecular complexity index is 820. The summed E-state index contributed by atoms with van der Waals surface area (Å²) in [5.74, 6) is -2.16. The minimum atomic E-state index is -1.71. The molecule has 154 valence electrons. The largest absolute Gasteiger partial charge is 0.475 e. The fraction of sp³-hybridized carbons (Fsp3) is 0.350. The third-order valence-electron chi connectivity index (χ3n) is 4.30. The Morgan fingerprint density at radius 2 is 1.93 bits per heavy atom. The lowest BCUT2D eigenvalue weighted by Gasteiger charge is -2.23. The van der Waals surface area contributed by atoms with Crippen molar-refractivity contribution < 1.29 is 24.0 Å². The molecule has 29 heavy (non-hydrogen) atoms. The van der Waals surface area contributed by atoms with E-state index in [0.717, 1.165) is 0 Å². The van der Waals surface area contributed by atoms with E-state index < -0.39 is 36.7 Å². The van der Waals surface area contributed by atoms with Crippen molar-refractivity contribution >= 4 is 18.9 Å². The van der Waals surface area contributed by atoms with Gasteiger partial charge in [-0.05, 0) is 42.2 Å². The number of pyridine rings is 1. The molecule has 0 fully saturated rings. The molecule has 0 saturated carbocycles. The van der Waals surface area contributed by atoms with E-state index in [2.05, 4.69) is 15.6 Å². The van der Waals surface area contributed by atoms with Crippen molar-refractivity contribution in [3.63, 3.8) is 0 Å². The van der Waals surface area contributed by atoms with Crippen molar-refractivity contribution in [1.82, 2.24) is 15.6 Å². The first kappa shape index (κ1) is 22.5. The van der Waals surface area contributed by atoms with Gasteiger partial charge in [0.15, 0.2) is 0 Å². The quantitative estimate of drug-likeness (QED) is 0.478. The van der Waals surface area contributed by atoms with Crippen LogP contribution in [0, 0.1) is 11.7 Å². The number of carbonyl (C=O) groups excluding carboxylic acids is 2. The number of carbonyl (C=O) groups is 2. The van der Waals surface area contributed by atoms with Gasteiger partial charge in [0.05, 0.1) is 24.0 Å². The molecule has 9 heteroatoms. The van der Waals surface area contributed by atoms with Crippen molar-refractivity contribution in [2.45, 2.75) is 38.7 Å². The molecule has 1 heterocycles. The fourth-order valence-corrected chi connectivity index (χ4v) is 2.93. The van der Waals surface area contributed by atoms with Crippen LogP contribution in [0.4, 0.5) is 4.39 Å². The molecule has 0 radical (unpaired) electrons. The van der Waals surface area contributed by atoms with Crippen LogP contribution in [0.1, 0.15) is 48.7 Å². The molecule has 2 aromatic rings. The van der Waals surface area contributed by atoms with E-state index >= 15 is 0 Å². The Labute approximate surface area is 169 Å². The van der Waals surface area contributed by atoms with Crippen LogP contribution in [0.2, 0.25) is 0 Å². The van der Waals surface area contributed by atoms with E-state index in [1.165, 1.54) is 30.6 Å². The molecular formula is C20H25BFN3O4. The van der Waals surface area contributed by atoms with Gasteiger partial charge in [-0.1, -0.05) is 26.0 Å². The molecule has 0 spiro atoms. The predicted molar refractivity (Wildman–Crippen MR) is 107 cm³/mol. The molecule has 2 rings (SSSR count). The summed E-state index contributed by atoms with van der Waals surface area (Å²) in [5, 5.41) is 24.3. The van der Waals surface area contributed by atoms with Crippen molar-refractivity contribution in [3.8, 4) is 0 Å². The lowest BCUT2D eigenvalue weighted by atomic mass is 9.75. The number of benzene rings is 1. The Balaban J connectivity index is 2.16. The maximum Gasteiger partial charge on any atom is 0.475 e. The van der Waals surface area contributed by atoms with E-state index in [1.807, 2.05) is 13.8 Å². The molecule has 7 nitrogen and oxygen atoms in total. The zero-order valence-corrected chi connectivity index (χ0v) is 16.4. The van der Waals surface area contributed by atoms with Crippen LogP contribution in [-0.4, -0.2) is 39.9 Å². The van der Waals surface area contributed by atoms with Gasteiger partial charge in [-0.2, -0.15) is 0 Å². The summed E-state index contributed by atoms with van der Waals surface area (Å²) in [7, 11) is -1.71. The number of hydrogen-bond acceptors (Lipinski definition) is 5. The van der Waals surface area contributed by atoms with Gasteiger partial charge in [-0.15, -0.1) is 0 Å². The Kier molecular flexibility index (Phi) is 8.29. The van der Waals surface area contributed by atoms with Crippen molar-refractivity contribution in [1.29, 1.82) is 0 Å².